The van der Waals surface area contributed by atoms with E-state index in [0.717, 1.165) is 11.5 Å². The van der Waals surface area contributed by atoms with E-state index in [1.807, 2.05) is 11.6 Å². The molecule has 2 rings (SSSR count). The summed E-state index contributed by atoms with van der Waals surface area (Å²) in [7, 11) is 1.91. The van der Waals surface area contributed by atoms with Crippen molar-refractivity contribution in [2.75, 3.05) is 0 Å². The van der Waals surface area contributed by atoms with E-state index >= 15 is 0 Å². The van der Waals surface area contributed by atoms with Crippen LogP contribution in [-0.4, -0.2) is 20.6 Å². The number of carboxylic acids is 1. The summed E-state index contributed by atoms with van der Waals surface area (Å²) in [5, 5.41) is 8.83. The molecule has 0 aliphatic heterocycles. The second-order valence-corrected chi connectivity index (χ2v) is 5.07. The van der Waals surface area contributed by atoms with Crippen LogP contribution in [0.4, 0.5) is 0 Å². The van der Waals surface area contributed by atoms with Crippen LogP contribution in [0.1, 0.15) is 43.1 Å². The molecule has 4 nitrogen and oxygen atoms in total. The maximum absolute atomic E-state index is 10.7. The number of aromatic nitrogens is 2. The fourth-order valence-corrected chi connectivity index (χ4v) is 2.99. The van der Waals surface area contributed by atoms with Gasteiger partial charge in [0.2, 0.25) is 0 Å². The highest BCUT2D eigenvalue weighted by molar-refractivity contribution is 9.10. The lowest BCUT2D eigenvalue weighted by atomic mass is 10.1. The molecule has 16 heavy (non-hydrogen) atoms. The van der Waals surface area contributed by atoms with Crippen LogP contribution >= 0.6 is 15.9 Å². The average molecular weight is 287 g/mol. The molecule has 1 aromatic heterocycles. The Bertz CT molecular complexity index is 408. The lowest BCUT2D eigenvalue weighted by molar-refractivity contribution is -0.136. The van der Waals surface area contributed by atoms with Crippen LogP contribution in [0.25, 0.3) is 0 Å². The third-order valence-corrected chi connectivity index (χ3v) is 3.87. The zero-order chi connectivity index (χ0) is 11.7. The number of halogens is 1. The Kier molecular flexibility index (Phi) is 3.33. The smallest absolute Gasteiger partial charge is 0.309 e. The molecule has 0 atom stereocenters. The highest BCUT2D eigenvalue weighted by Crippen LogP contribution is 2.35. The number of hydrogen-bond acceptors (Lipinski definition) is 2. The molecule has 1 aromatic rings. The van der Waals surface area contributed by atoms with Crippen molar-refractivity contribution in [2.24, 2.45) is 7.05 Å². The predicted octanol–water partition coefficient (Wildman–Crippen LogP) is 2.47. The van der Waals surface area contributed by atoms with Crippen molar-refractivity contribution >= 4 is 21.9 Å². The topological polar surface area (TPSA) is 55.1 Å². The highest BCUT2D eigenvalue weighted by atomic mass is 79.9. The molecule has 1 aliphatic rings. The van der Waals surface area contributed by atoms with Crippen LogP contribution in [0, 0.1) is 0 Å². The van der Waals surface area contributed by atoms with E-state index in [1.165, 1.54) is 25.7 Å². The lowest BCUT2D eigenvalue weighted by Gasteiger charge is -2.09. The Morgan fingerprint density at radius 3 is 2.75 bits per heavy atom. The largest absolute Gasteiger partial charge is 0.481 e. The van der Waals surface area contributed by atoms with Gasteiger partial charge < -0.3 is 9.67 Å². The van der Waals surface area contributed by atoms with Crippen LogP contribution in [0.2, 0.25) is 0 Å². The van der Waals surface area contributed by atoms with Gasteiger partial charge in [0, 0.05) is 13.0 Å². The first kappa shape index (κ1) is 11.6. The van der Waals surface area contributed by atoms with Gasteiger partial charge in [-0.25, -0.2) is 4.98 Å². The summed E-state index contributed by atoms with van der Waals surface area (Å²) in [6.07, 6.45) is 4.87. The first-order chi connectivity index (χ1) is 7.59. The van der Waals surface area contributed by atoms with E-state index in [0.29, 0.717) is 10.5 Å². The van der Waals surface area contributed by atoms with Crippen molar-refractivity contribution in [2.45, 2.75) is 38.0 Å². The molecule has 1 saturated carbocycles. The molecule has 0 aromatic carbocycles. The fourth-order valence-electron chi connectivity index (χ4n) is 2.40. The van der Waals surface area contributed by atoms with Crippen LogP contribution in [0.3, 0.4) is 0 Å². The van der Waals surface area contributed by atoms with E-state index in [1.54, 1.807) is 0 Å². The Labute approximate surface area is 103 Å². The second kappa shape index (κ2) is 4.57. The summed E-state index contributed by atoms with van der Waals surface area (Å²) in [6.45, 7) is 0. The van der Waals surface area contributed by atoms with Gasteiger partial charge in [0.05, 0.1) is 12.1 Å². The first-order valence-electron chi connectivity index (χ1n) is 5.52. The Morgan fingerprint density at radius 2 is 2.19 bits per heavy atom. The molecule has 5 heteroatoms. The third kappa shape index (κ3) is 2.14. The van der Waals surface area contributed by atoms with E-state index in [4.69, 9.17) is 5.11 Å². The van der Waals surface area contributed by atoms with E-state index < -0.39 is 5.97 Å². The number of nitrogens with zero attached hydrogens (tertiary/aromatic N) is 2. The Hall–Kier alpha value is -0.840. The third-order valence-electron chi connectivity index (χ3n) is 3.24. The lowest BCUT2D eigenvalue weighted by Crippen LogP contribution is -2.09. The van der Waals surface area contributed by atoms with Crippen molar-refractivity contribution in [1.29, 1.82) is 0 Å². The number of rotatable bonds is 3. The van der Waals surface area contributed by atoms with Gasteiger partial charge in [-0.05, 0) is 28.8 Å². The quantitative estimate of drug-likeness (QED) is 0.929. The van der Waals surface area contributed by atoms with Crippen LogP contribution in [-0.2, 0) is 18.3 Å². The van der Waals surface area contributed by atoms with Crippen molar-refractivity contribution in [3.63, 3.8) is 0 Å². The summed E-state index contributed by atoms with van der Waals surface area (Å²) < 4.78 is 2.62. The van der Waals surface area contributed by atoms with E-state index in [9.17, 15) is 4.79 Å². The predicted molar refractivity (Wildman–Crippen MR) is 63.5 cm³/mol. The monoisotopic (exact) mass is 286 g/mol. The molecule has 1 fully saturated rings. The number of hydrogen-bond donors (Lipinski definition) is 1. The molecule has 1 heterocycles. The van der Waals surface area contributed by atoms with Crippen molar-refractivity contribution in [3.8, 4) is 0 Å². The zero-order valence-corrected chi connectivity index (χ0v) is 10.8. The number of carbonyl (C=O) groups is 1. The SMILES string of the molecule is Cn1c(C2CCCC2)nc(Br)c1CC(=O)O. The molecular weight excluding hydrogens is 272 g/mol. The van der Waals surface area contributed by atoms with Gasteiger partial charge in [0.15, 0.2) is 0 Å². The highest BCUT2D eigenvalue weighted by Gasteiger charge is 2.24. The summed E-state index contributed by atoms with van der Waals surface area (Å²) in [6, 6.07) is 0. The fraction of sp³-hybridized carbons (Fsp3) is 0.636. The Morgan fingerprint density at radius 1 is 1.56 bits per heavy atom. The number of aliphatic carboxylic acids is 1. The molecule has 0 spiro atoms. The summed E-state index contributed by atoms with van der Waals surface area (Å²) in [5.74, 6) is 0.714. The minimum Gasteiger partial charge on any atom is -0.481 e. The van der Waals surface area contributed by atoms with Crippen LogP contribution in [0.5, 0.6) is 0 Å². The minimum absolute atomic E-state index is 0.0246. The van der Waals surface area contributed by atoms with Crippen molar-refractivity contribution < 1.29 is 9.90 Å². The maximum Gasteiger partial charge on any atom is 0.309 e. The van der Waals surface area contributed by atoms with Gasteiger partial charge in [0.25, 0.3) is 0 Å². The van der Waals surface area contributed by atoms with Gasteiger partial charge in [0.1, 0.15) is 10.4 Å². The molecule has 0 amide bonds. The van der Waals surface area contributed by atoms with Gasteiger partial charge in [-0.2, -0.15) is 0 Å². The standard InChI is InChI=1S/C11H15BrN2O2/c1-14-8(6-9(15)16)10(12)13-11(14)7-4-2-3-5-7/h7H,2-6H2,1H3,(H,15,16). The van der Waals surface area contributed by atoms with Gasteiger partial charge in [-0.3, -0.25) is 4.79 Å². The normalized spacial score (nSPS) is 16.9. The van der Waals surface area contributed by atoms with Crippen LogP contribution < -0.4 is 0 Å². The summed E-state index contributed by atoms with van der Waals surface area (Å²) in [5.41, 5.74) is 0.759. The van der Waals surface area contributed by atoms with Gasteiger partial charge in [-0.15, -0.1) is 0 Å². The van der Waals surface area contributed by atoms with Gasteiger partial charge in [-0.1, -0.05) is 12.8 Å². The molecule has 1 N–H and O–H groups in total. The summed E-state index contributed by atoms with van der Waals surface area (Å²) >= 11 is 3.35. The molecule has 0 unspecified atom stereocenters. The second-order valence-electron chi connectivity index (χ2n) is 4.32. The number of imidazole rings is 1. The molecule has 0 saturated heterocycles. The van der Waals surface area contributed by atoms with Crippen LogP contribution in [0.15, 0.2) is 4.60 Å². The molecule has 0 radical (unpaired) electrons. The average Bonchev–Trinajstić information content (AvgIpc) is 2.80. The van der Waals surface area contributed by atoms with Crippen molar-refractivity contribution in [1.82, 2.24) is 9.55 Å². The first-order valence-corrected chi connectivity index (χ1v) is 6.31. The molecule has 88 valence electrons. The minimum atomic E-state index is -0.818. The zero-order valence-electron chi connectivity index (χ0n) is 9.24. The summed E-state index contributed by atoms with van der Waals surface area (Å²) in [4.78, 5) is 15.2. The van der Waals surface area contributed by atoms with E-state index in [2.05, 4.69) is 20.9 Å². The maximum atomic E-state index is 10.7. The van der Waals surface area contributed by atoms with Crippen molar-refractivity contribution in [3.05, 3.63) is 16.1 Å². The van der Waals surface area contributed by atoms with E-state index in [-0.39, 0.29) is 6.42 Å². The number of carboxylic acid groups (broad SMARTS) is 1. The molecule has 0 bridgehead atoms. The Balaban J connectivity index is 2.30. The van der Waals surface area contributed by atoms with Gasteiger partial charge >= 0.3 is 5.97 Å². The molecule has 1 aliphatic carbocycles. The molecular formula is C11H15BrN2O2.